The second-order valence-electron chi connectivity index (χ2n) is 5.02. The quantitative estimate of drug-likeness (QED) is 0.873. The molecule has 20 heavy (non-hydrogen) atoms. The van der Waals surface area contributed by atoms with Crippen LogP contribution in [0.15, 0.2) is 42.5 Å². The predicted octanol–water partition coefficient (Wildman–Crippen LogP) is 3.56. The molecule has 106 valence electrons. The second-order valence-corrected chi connectivity index (χ2v) is 5.02. The van der Waals surface area contributed by atoms with Gasteiger partial charge in [0.25, 0.3) is 0 Å². The van der Waals surface area contributed by atoms with E-state index in [1.807, 2.05) is 6.07 Å². The zero-order valence-corrected chi connectivity index (χ0v) is 12.2. The van der Waals surface area contributed by atoms with E-state index in [4.69, 9.17) is 4.74 Å². The van der Waals surface area contributed by atoms with Crippen LogP contribution in [0.1, 0.15) is 29.7 Å². The molecule has 0 amide bonds. The van der Waals surface area contributed by atoms with Gasteiger partial charge in [-0.15, -0.1) is 0 Å². The highest BCUT2D eigenvalue weighted by Gasteiger charge is 2.06. The average Bonchev–Trinajstić information content (AvgIpc) is 2.45. The molecule has 2 aromatic carbocycles. The maximum atomic E-state index is 9.76. The topological polar surface area (TPSA) is 41.5 Å². The summed E-state index contributed by atoms with van der Waals surface area (Å²) in [6.45, 7) is 4.93. The molecule has 0 aliphatic carbocycles. The van der Waals surface area contributed by atoms with Crippen molar-refractivity contribution >= 4 is 0 Å². The summed E-state index contributed by atoms with van der Waals surface area (Å²) in [6, 6.07) is 14.2. The number of hydrogen-bond donors (Lipinski definition) is 2. The van der Waals surface area contributed by atoms with E-state index in [0.717, 1.165) is 5.56 Å². The summed E-state index contributed by atoms with van der Waals surface area (Å²) >= 11 is 0. The fourth-order valence-corrected chi connectivity index (χ4v) is 2.17. The molecule has 3 heteroatoms. The summed E-state index contributed by atoms with van der Waals surface area (Å²) < 4.78 is 5.04. The van der Waals surface area contributed by atoms with Gasteiger partial charge in [0.1, 0.15) is 0 Å². The van der Waals surface area contributed by atoms with E-state index in [2.05, 4.69) is 43.4 Å². The van der Waals surface area contributed by atoms with Crippen molar-refractivity contribution in [3.8, 4) is 11.5 Å². The molecule has 2 rings (SSSR count). The molecular weight excluding hydrogens is 250 g/mol. The van der Waals surface area contributed by atoms with E-state index >= 15 is 0 Å². The van der Waals surface area contributed by atoms with Crippen LogP contribution < -0.4 is 10.1 Å². The largest absolute Gasteiger partial charge is 0.504 e. The van der Waals surface area contributed by atoms with E-state index in [-0.39, 0.29) is 11.8 Å². The van der Waals surface area contributed by atoms with Gasteiger partial charge in [-0.1, -0.05) is 35.9 Å². The number of benzene rings is 2. The van der Waals surface area contributed by atoms with Gasteiger partial charge < -0.3 is 15.2 Å². The normalized spacial score (nSPS) is 12.2. The van der Waals surface area contributed by atoms with Gasteiger partial charge in [0.15, 0.2) is 11.5 Å². The van der Waals surface area contributed by atoms with Crippen molar-refractivity contribution in [3.63, 3.8) is 0 Å². The van der Waals surface area contributed by atoms with Crippen molar-refractivity contribution in [2.75, 3.05) is 7.11 Å². The summed E-state index contributed by atoms with van der Waals surface area (Å²) in [7, 11) is 1.55. The smallest absolute Gasteiger partial charge is 0.160 e. The number of ether oxygens (including phenoxy) is 1. The minimum absolute atomic E-state index is 0.176. The molecule has 2 N–H and O–H groups in total. The molecule has 0 saturated heterocycles. The van der Waals surface area contributed by atoms with Crippen LogP contribution in [-0.4, -0.2) is 12.2 Å². The van der Waals surface area contributed by atoms with Gasteiger partial charge in [0, 0.05) is 12.6 Å². The number of rotatable bonds is 5. The monoisotopic (exact) mass is 271 g/mol. The molecule has 1 atom stereocenters. The molecule has 0 radical (unpaired) electrons. The SMILES string of the molecule is COc1ccc(CN[C@@H](C)c2cccc(C)c2)cc1O. The maximum Gasteiger partial charge on any atom is 0.160 e. The first-order chi connectivity index (χ1) is 9.60. The van der Waals surface area contributed by atoms with Crippen LogP contribution in [0.2, 0.25) is 0 Å². The molecule has 0 saturated carbocycles. The lowest BCUT2D eigenvalue weighted by molar-refractivity contribution is 0.373. The third-order valence-corrected chi connectivity index (χ3v) is 3.40. The Morgan fingerprint density at radius 2 is 2.00 bits per heavy atom. The molecule has 2 aromatic rings. The zero-order valence-electron chi connectivity index (χ0n) is 12.2. The summed E-state index contributed by atoms with van der Waals surface area (Å²) in [5, 5.41) is 13.2. The number of aromatic hydroxyl groups is 1. The van der Waals surface area contributed by atoms with E-state index in [1.165, 1.54) is 11.1 Å². The van der Waals surface area contributed by atoms with Crippen molar-refractivity contribution in [3.05, 3.63) is 59.2 Å². The van der Waals surface area contributed by atoms with Crippen LogP contribution >= 0.6 is 0 Å². The van der Waals surface area contributed by atoms with Gasteiger partial charge in [-0.3, -0.25) is 0 Å². The molecular formula is C17H21NO2. The summed E-state index contributed by atoms with van der Waals surface area (Å²) in [4.78, 5) is 0. The van der Waals surface area contributed by atoms with Crippen molar-refractivity contribution in [1.29, 1.82) is 0 Å². The third-order valence-electron chi connectivity index (χ3n) is 3.40. The van der Waals surface area contributed by atoms with Gasteiger partial charge in [-0.05, 0) is 37.1 Å². The number of nitrogens with one attached hydrogen (secondary N) is 1. The molecule has 0 spiro atoms. The molecule has 0 heterocycles. The van der Waals surface area contributed by atoms with E-state index in [1.54, 1.807) is 19.2 Å². The lowest BCUT2D eigenvalue weighted by atomic mass is 10.1. The van der Waals surface area contributed by atoms with E-state index in [0.29, 0.717) is 12.3 Å². The highest BCUT2D eigenvalue weighted by atomic mass is 16.5. The van der Waals surface area contributed by atoms with Crippen LogP contribution in [0.4, 0.5) is 0 Å². The third kappa shape index (κ3) is 3.52. The number of hydrogen-bond acceptors (Lipinski definition) is 3. The Labute approximate surface area is 120 Å². The second kappa shape index (κ2) is 6.44. The lowest BCUT2D eigenvalue weighted by Crippen LogP contribution is -2.18. The summed E-state index contributed by atoms with van der Waals surface area (Å²) in [5.41, 5.74) is 3.56. The van der Waals surface area contributed by atoms with E-state index < -0.39 is 0 Å². The van der Waals surface area contributed by atoms with Gasteiger partial charge in [-0.2, -0.15) is 0 Å². The van der Waals surface area contributed by atoms with Gasteiger partial charge in [-0.25, -0.2) is 0 Å². The minimum atomic E-state index is 0.176. The molecule has 0 aliphatic rings. The van der Waals surface area contributed by atoms with Gasteiger partial charge in [0.05, 0.1) is 7.11 Å². The van der Waals surface area contributed by atoms with Crippen molar-refractivity contribution < 1.29 is 9.84 Å². The standard InChI is InChI=1S/C17H21NO2/c1-12-5-4-6-15(9-12)13(2)18-11-14-7-8-17(20-3)16(19)10-14/h4-10,13,18-19H,11H2,1-3H3/t13-/m0/s1. The number of phenols is 1. The first-order valence-corrected chi connectivity index (χ1v) is 6.76. The highest BCUT2D eigenvalue weighted by molar-refractivity contribution is 5.41. The van der Waals surface area contributed by atoms with Crippen LogP contribution in [0.25, 0.3) is 0 Å². The van der Waals surface area contributed by atoms with Crippen LogP contribution in [0, 0.1) is 6.92 Å². The Kier molecular flexibility index (Phi) is 4.64. The number of phenolic OH excluding ortho intramolecular Hbond substituents is 1. The predicted molar refractivity (Wildman–Crippen MR) is 81.1 cm³/mol. The first-order valence-electron chi connectivity index (χ1n) is 6.76. The molecule has 0 aliphatic heterocycles. The molecule has 3 nitrogen and oxygen atoms in total. The minimum Gasteiger partial charge on any atom is -0.504 e. The first kappa shape index (κ1) is 14.4. The van der Waals surface area contributed by atoms with Crippen molar-refractivity contribution in [2.45, 2.75) is 26.4 Å². The maximum absolute atomic E-state index is 9.76. The molecule has 0 fully saturated rings. The lowest BCUT2D eigenvalue weighted by Gasteiger charge is -2.15. The summed E-state index contributed by atoms with van der Waals surface area (Å²) in [6.07, 6.45) is 0. The fraction of sp³-hybridized carbons (Fsp3) is 0.294. The van der Waals surface area contributed by atoms with Crippen LogP contribution in [-0.2, 0) is 6.54 Å². The van der Waals surface area contributed by atoms with Crippen LogP contribution in [0.3, 0.4) is 0 Å². The zero-order chi connectivity index (χ0) is 14.5. The van der Waals surface area contributed by atoms with Gasteiger partial charge in [0.2, 0.25) is 0 Å². The highest BCUT2D eigenvalue weighted by Crippen LogP contribution is 2.26. The number of aryl methyl sites for hydroxylation is 1. The summed E-state index contributed by atoms with van der Waals surface area (Å²) in [5.74, 6) is 0.676. The van der Waals surface area contributed by atoms with E-state index in [9.17, 15) is 5.11 Å². The van der Waals surface area contributed by atoms with Crippen molar-refractivity contribution in [1.82, 2.24) is 5.32 Å². The Morgan fingerprint density at radius 3 is 2.65 bits per heavy atom. The average molecular weight is 271 g/mol. The Morgan fingerprint density at radius 1 is 1.20 bits per heavy atom. The van der Waals surface area contributed by atoms with Gasteiger partial charge >= 0.3 is 0 Å². The fourth-order valence-electron chi connectivity index (χ4n) is 2.17. The molecule has 0 aromatic heterocycles. The Hall–Kier alpha value is -2.00. The van der Waals surface area contributed by atoms with Crippen molar-refractivity contribution in [2.24, 2.45) is 0 Å². The number of methoxy groups -OCH3 is 1. The molecule has 0 bridgehead atoms. The Bertz CT molecular complexity index is 581. The van der Waals surface area contributed by atoms with Crippen LogP contribution in [0.5, 0.6) is 11.5 Å². The molecule has 0 unspecified atom stereocenters. The Balaban J connectivity index is 1.99.